The largest absolute Gasteiger partial charge is 0.395 e. The van der Waals surface area contributed by atoms with Crippen molar-refractivity contribution in [3.8, 4) is 6.07 Å². The molecule has 0 spiro atoms. The summed E-state index contributed by atoms with van der Waals surface area (Å²) in [5.74, 6) is 0.956. The van der Waals surface area contributed by atoms with E-state index in [9.17, 15) is 0 Å². The summed E-state index contributed by atoms with van der Waals surface area (Å²) in [5.41, 5.74) is 1.38. The summed E-state index contributed by atoms with van der Waals surface area (Å²) in [6.07, 6.45) is 4.35. The smallest absolute Gasteiger partial charge is 0.0985 e. The number of hydrogen-bond donors (Lipinski definition) is 2. The average Bonchev–Trinajstić information content (AvgIpc) is 2.17. The number of aliphatic hydroxyl groups is 1. The number of aliphatic hydroxyl groups excluding tert-OH is 1. The van der Waals surface area contributed by atoms with Crippen LogP contribution in [0.25, 0.3) is 0 Å². The molecule has 0 aromatic heterocycles. The van der Waals surface area contributed by atoms with E-state index in [1.54, 1.807) is 0 Å². The molecule has 3 heteroatoms. The van der Waals surface area contributed by atoms with Gasteiger partial charge in [-0.15, -0.1) is 0 Å². The summed E-state index contributed by atoms with van der Waals surface area (Å²) in [7, 11) is 0. The van der Waals surface area contributed by atoms with Gasteiger partial charge < -0.3 is 5.11 Å². The molecule has 1 rings (SSSR count). The molecule has 0 heterocycles. The zero-order chi connectivity index (χ0) is 11.3. The van der Waals surface area contributed by atoms with Crippen LogP contribution >= 0.6 is 0 Å². The SMILES string of the molecule is CC1=CC(C)CC(C(C#N)NCCO)C1. The van der Waals surface area contributed by atoms with Crippen LogP contribution < -0.4 is 5.32 Å². The number of nitrogens with one attached hydrogen (secondary N) is 1. The highest BCUT2D eigenvalue weighted by Gasteiger charge is 2.25. The van der Waals surface area contributed by atoms with Gasteiger partial charge in [0.1, 0.15) is 0 Å². The second-order valence-corrected chi connectivity index (χ2v) is 4.47. The van der Waals surface area contributed by atoms with Crippen molar-refractivity contribution >= 4 is 0 Å². The Kier molecular flexibility index (Phi) is 4.80. The van der Waals surface area contributed by atoms with Gasteiger partial charge in [-0.1, -0.05) is 18.6 Å². The van der Waals surface area contributed by atoms with Crippen LogP contribution in [0.5, 0.6) is 0 Å². The van der Waals surface area contributed by atoms with Crippen molar-refractivity contribution in [3.63, 3.8) is 0 Å². The highest BCUT2D eigenvalue weighted by Crippen LogP contribution is 2.29. The lowest BCUT2D eigenvalue weighted by Crippen LogP contribution is -2.38. The van der Waals surface area contributed by atoms with Crippen LogP contribution in [0.4, 0.5) is 0 Å². The molecule has 0 radical (unpaired) electrons. The van der Waals surface area contributed by atoms with Gasteiger partial charge >= 0.3 is 0 Å². The first kappa shape index (κ1) is 12.2. The molecular formula is C12H20N2O. The molecule has 1 aliphatic carbocycles. The maximum Gasteiger partial charge on any atom is 0.0985 e. The number of allylic oxidation sites excluding steroid dienone is 2. The second-order valence-electron chi connectivity index (χ2n) is 4.47. The van der Waals surface area contributed by atoms with Crippen molar-refractivity contribution in [3.05, 3.63) is 11.6 Å². The van der Waals surface area contributed by atoms with Crippen LogP contribution in [-0.4, -0.2) is 24.3 Å². The van der Waals surface area contributed by atoms with Gasteiger partial charge in [0.05, 0.1) is 18.7 Å². The molecule has 3 nitrogen and oxygen atoms in total. The van der Waals surface area contributed by atoms with E-state index in [0.29, 0.717) is 18.4 Å². The summed E-state index contributed by atoms with van der Waals surface area (Å²) in [6.45, 7) is 4.92. The molecule has 0 aromatic carbocycles. The van der Waals surface area contributed by atoms with E-state index >= 15 is 0 Å². The van der Waals surface area contributed by atoms with E-state index in [4.69, 9.17) is 10.4 Å². The van der Waals surface area contributed by atoms with Gasteiger partial charge in [0.2, 0.25) is 0 Å². The van der Waals surface area contributed by atoms with E-state index < -0.39 is 0 Å². The lowest BCUT2D eigenvalue weighted by atomic mass is 9.80. The number of nitrogens with zero attached hydrogens (tertiary/aromatic N) is 1. The Balaban J connectivity index is 2.55. The molecule has 3 atom stereocenters. The summed E-state index contributed by atoms with van der Waals surface area (Å²) in [6, 6.07) is 2.18. The lowest BCUT2D eigenvalue weighted by Gasteiger charge is -2.29. The van der Waals surface area contributed by atoms with Crippen LogP contribution in [-0.2, 0) is 0 Å². The maximum atomic E-state index is 9.06. The van der Waals surface area contributed by atoms with Gasteiger partial charge in [-0.2, -0.15) is 5.26 Å². The standard InChI is InChI=1S/C12H20N2O/c1-9-5-10(2)7-11(6-9)12(8-13)14-3-4-15/h5,9,11-12,14-15H,3-4,6-7H2,1-2H3. The highest BCUT2D eigenvalue weighted by molar-refractivity contribution is 5.10. The van der Waals surface area contributed by atoms with Crippen molar-refractivity contribution < 1.29 is 5.11 Å². The van der Waals surface area contributed by atoms with Crippen molar-refractivity contribution in [2.45, 2.75) is 32.7 Å². The summed E-state index contributed by atoms with van der Waals surface area (Å²) < 4.78 is 0. The predicted molar refractivity (Wildman–Crippen MR) is 60.1 cm³/mol. The van der Waals surface area contributed by atoms with Crippen LogP contribution in [0.1, 0.15) is 26.7 Å². The fraction of sp³-hybridized carbons (Fsp3) is 0.750. The fourth-order valence-corrected chi connectivity index (χ4v) is 2.39. The number of hydrogen-bond acceptors (Lipinski definition) is 3. The molecule has 0 aliphatic heterocycles. The maximum absolute atomic E-state index is 9.06. The van der Waals surface area contributed by atoms with E-state index in [-0.39, 0.29) is 12.6 Å². The first-order valence-electron chi connectivity index (χ1n) is 5.58. The van der Waals surface area contributed by atoms with Crippen LogP contribution in [0, 0.1) is 23.2 Å². The number of rotatable bonds is 4. The van der Waals surface area contributed by atoms with Crippen LogP contribution in [0.2, 0.25) is 0 Å². The molecule has 0 bridgehead atoms. The quantitative estimate of drug-likeness (QED) is 0.688. The molecule has 15 heavy (non-hydrogen) atoms. The number of nitriles is 1. The molecule has 1 aliphatic rings. The molecule has 0 fully saturated rings. The minimum absolute atomic E-state index is 0.0925. The average molecular weight is 208 g/mol. The Labute approximate surface area is 91.8 Å². The van der Waals surface area contributed by atoms with Gasteiger partial charge in [-0.05, 0) is 31.6 Å². The van der Waals surface area contributed by atoms with Gasteiger partial charge in [0.15, 0.2) is 0 Å². The molecule has 84 valence electrons. The third-order valence-corrected chi connectivity index (χ3v) is 2.91. The Morgan fingerprint density at radius 1 is 1.73 bits per heavy atom. The topological polar surface area (TPSA) is 56.0 Å². The first-order chi connectivity index (χ1) is 7.17. The minimum Gasteiger partial charge on any atom is -0.395 e. The molecule has 3 unspecified atom stereocenters. The third kappa shape index (κ3) is 3.65. The normalized spacial score (nSPS) is 28.0. The van der Waals surface area contributed by atoms with Gasteiger partial charge in [-0.25, -0.2) is 0 Å². The Morgan fingerprint density at radius 3 is 3.00 bits per heavy atom. The predicted octanol–water partition coefficient (Wildman–Crippen LogP) is 1.45. The van der Waals surface area contributed by atoms with E-state index in [0.717, 1.165) is 12.8 Å². The van der Waals surface area contributed by atoms with E-state index in [1.165, 1.54) is 5.57 Å². The van der Waals surface area contributed by atoms with Crippen molar-refractivity contribution in [1.29, 1.82) is 5.26 Å². The first-order valence-corrected chi connectivity index (χ1v) is 5.58. The van der Waals surface area contributed by atoms with Crippen LogP contribution in [0.15, 0.2) is 11.6 Å². The Hall–Kier alpha value is -0.850. The second kappa shape index (κ2) is 5.89. The lowest BCUT2D eigenvalue weighted by molar-refractivity contribution is 0.269. The fourth-order valence-electron chi connectivity index (χ4n) is 2.39. The minimum atomic E-state index is -0.122. The highest BCUT2D eigenvalue weighted by atomic mass is 16.3. The third-order valence-electron chi connectivity index (χ3n) is 2.91. The summed E-state index contributed by atoms with van der Waals surface area (Å²) >= 11 is 0. The van der Waals surface area contributed by atoms with E-state index in [2.05, 4.69) is 31.3 Å². The molecule has 0 saturated heterocycles. The zero-order valence-electron chi connectivity index (χ0n) is 9.53. The van der Waals surface area contributed by atoms with Gasteiger partial charge in [-0.3, -0.25) is 5.32 Å². The summed E-state index contributed by atoms with van der Waals surface area (Å²) in [4.78, 5) is 0. The molecule has 0 aromatic rings. The Bertz CT molecular complexity index is 267. The molecule has 0 saturated carbocycles. The zero-order valence-corrected chi connectivity index (χ0v) is 9.53. The summed E-state index contributed by atoms with van der Waals surface area (Å²) in [5, 5.41) is 20.9. The van der Waals surface area contributed by atoms with Gasteiger partial charge in [0.25, 0.3) is 0 Å². The molecular weight excluding hydrogens is 188 g/mol. The van der Waals surface area contributed by atoms with Gasteiger partial charge in [0, 0.05) is 6.54 Å². The van der Waals surface area contributed by atoms with Crippen LogP contribution in [0.3, 0.4) is 0 Å². The van der Waals surface area contributed by atoms with Crippen molar-refractivity contribution in [1.82, 2.24) is 5.32 Å². The molecule has 2 N–H and O–H groups in total. The van der Waals surface area contributed by atoms with Crippen molar-refractivity contribution in [2.75, 3.05) is 13.2 Å². The molecule has 0 amide bonds. The Morgan fingerprint density at radius 2 is 2.47 bits per heavy atom. The van der Waals surface area contributed by atoms with Crippen molar-refractivity contribution in [2.24, 2.45) is 11.8 Å². The van der Waals surface area contributed by atoms with E-state index in [1.807, 2.05) is 0 Å². The monoisotopic (exact) mass is 208 g/mol.